The average Bonchev–Trinajstić information content (AvgIpc) is 3.13. The molecule has 0 aliphatic carbocycles. The van der Waals surface area contributed by atoms with E-state index in [0.717, 1.165) is 15.8 Å². The highest BCUT2D eigenvalue weighted by Crippen LogP contribution is 2.19. The molecule has 0 spiro atoms. The SMILES string of the molecule is CC(=O)c1ccc(NC(=O)CCc2nn3c(C(C)C)nnc3s2)cc1. The topological polar surface area (TPSA) is 89.2 Å². The molecule has 7 nitrogen and oxygen atoms in total. The van der Waals surface area contributed by atoms with Crippen LogP contribution in [-0.2, 0) is 11.2 Å². The first kappa shape index (κ1) is 17.2. The fourth-order valence-electron chi connectivity index (χ4n) is 2.36. The molecule has 0 bridgehead atoms. The highest BCUT2D eigenvalue weighted by atomic mass is 32.1. The van der Waals surface area contributed by atoms with E-state index in [-0.39, 0.29) is 17.6 Å². The van der Waals surface area contributed by atoms with Gasteiger partial charge in [0.1, 0.15) is 5.01 Å². The van der Waals surface area contributed by atoms with Crippen molar-refractivity contribution in [3.05, 3.63) is 40.7 Å². The summed E-state index contributed by atoms with van der Waals surface area (Å²) in [5.74, 6) is 0.978. The van der Waals surface area contributed by atoms with Crippen molar-refractivity contribution in [3.8, 4) is 0 Å². The standard InChI is InChI=1S/C17H19N5O2S/c1-10(2)16-19-20-17-22(16)21-15(25-17)9-8-14(24)18-13-6-4-12(5-7-13)11(3)23/h4-7,10H,8-9H2,1-3H3,(H,18,24). The van der Waals surface area contributed by atoms with E-state index in [2.05, 4.69) is 20.6 Å². The molecule has 2 heterocycles. The molecule has 0 saturated carbocycles. The third-order valence-electron chi connectivity index (χ3n) is 3.71. The minimum absolute atomic E-state index is 0.00177. The second-order valence-electron chi connectivity index (χ2n) is 6.08. The smallest absolute Gasteiger partial charge is 0.234 e. The highest BCUT2D eigenvalue weighted by molar-refractivity contribution is 7.16. The van der Waals surface area contributed by atoms with Crippen LogP contribution in [0.1, 0.15) is 54.3 Å². The van der Waals surface area contributed by atoms with Crippen molar-refractivity contribution in [2.45, 2.75) is 39.5 Å². The summed E-state index contributed by atoms with van der Waals surface area (Å²) in [6.45, 7) is 5.60. The maximum absolute atomic E-state index is 12.1. The molecule has 130 valence electrons. The normalized spacial score (nSPS) is 11.2. The van der Waals surface area contributed by atoms with Crippen LogP contribution in [0.15, 0.2) is 24.3 Å². The zero-order valence-corrected chi connectivity index (χ0v) is 15.1. The van der Waals surface area contributed by atoms with E-state index in [0.29, 0.717) is 24.1 Å². The molecule has 3 rings (SSSR count). The fourth-order valence-corrected chi connectivity index (χ4v) is 3.20. The monoisotopic (exact) mass is 357 g/mol. The second-order valence-corrected chi connectivity index (χ2v) is 7.13. The molecular weight excluding hydrogens is 338 g/mol. The van der Waals surface area contributed by atoms with Gasteiger partial charge in [-0.25, -0.2) is 0 Å². The van der Waals surface area contributed by atoms with Crippen molar-refractivity contribution < 1.29 is 9.59 Å². The Morgan fingerprint density at radius 3 is 2.56 bits per heavy atom. The summed E-state index contributed by atoms with van der Waals surface area (Å²) in [4.78, 5) is 24.1. The molecule has 1 N–H and O–H groups in total. The molecule has 0 atom stereocenters. The van der Waals surface area contributed by atoms with Crippen LogP contribution in [0.2, 0.25) is 0 Å². The summed E-state index contributed by atoms with van der Waals surface area (Å²) in [5.41, 5.74) is 1.30. The lowest BCUT2D eigenvalue weighted by atomic mass is 10.1. The molecule has 8 heteroatoms. The van der Waals surface area contributed by atoms with Gasteiger partial charge in [-0.15, -0.1) is 10.2 Å². The number of carbonyl (C=O) groups excluding carboxylic acids is 2. The number of hydrogen-bond donors (Lipinski definition) is 1. The van der Waals surface area contributed by atoms with Crippen molar-refractivity contribution in [1.82, 2.24) is 19.8 Å². The van der Waals surface area contributed by atoms with Gasteiger partial charge >= 0.3 is 0 Å². The number of carbonyl (C=O) groups is 2. The fraction of sp³-hybridized carbons (Fsp3) is 0.353. The van der Waals surface area contributed by atoms with Crippen LogP contribution < -0.4 is 5.32 Å². The molecule has 1 aromatic carbocycles. The van der Waals surface area contributed by atoms with Crippen LogP contribution in [-0.4, -0.2) is 31.5 Å². The number of rotatable bonds is 6. The van der Waals surface area contributed by atoms with Gasteiger partial charge in [0.2, 0.25) is 10.9 Å². The van der Waals surface area contributed by atoms with Crippen LogP contribution in [0.3, 0.4) is 0 Å². The maximum Gasteiger partial charge on any atom is 0.234 e. The molecular formula is C17H19N5O2S. The van der Waals surface area contributed by atoms with E-state index < -0.39 is 0 Å². The summed E-state index contributed by atoms with van der Waals surface area (Å²) in [5, 5.41) is 16.4. The number of fused-ring (bicyclic) bond motifs is 1. The van der Waals surface area contributed by atoms with E-state index in [1.807, 2.05) is 13.8 Å². The number of aromatic nitrogens is 4. The number of ketones is 1. The predicted molar refractivity (Wildman–Crippen MR) is 96.1 cm³/mol. The maximum atomic E-state index is 12.1. The summed E-state index contributed by atoms with van der Waals surface area (Å²) >= 11 is 1.45. The number of nitrogens with one attached hydrogen (secondary N) is 1. The number of Topliss-reactive ketones (excluding diaryl/α,β-unsaturated/α-hetero) is 1. The van der Waals surface area contributed by atoms with Gasteiger partial charge in [0, 0.05) is 30.0 Å². The van der Waals surface area contributed by atoms with E-state index in [1.54, 1.807) is 28.8 Å². The van der Waals surface area contributed by atoms with Gasteiger partial charge in [0.25, 0.3) is 0 Å². The van der Waals surface area contributed by atoms with Crippen LogP contribution in [0.25, 0.3) is 4.96 Å². The number of nitrogens with zero attached hydrogens (tertiary/aromatic N) is 4. The number of hydrogen-bond acceptors (Lipinski definition) is 6. The Labute approximate surface area is 149 Å². The van der Waals surface area contributed by atoms with Gasteiger partial charge in [-0.2, -0.15) is 9.61 Å². The van der Waals surface area contributed by atoms with Crippen LogP contribution >= 0.6 is 11.3 Å². The van der Waals surface area contributed by atoms with Gasteiger partial charge in [-0.3, -0.25) is 9.59 Å². The largest absolute Gasteiger partial charge is 0.326 e. The molecule has 0 aliphatic rings. The molecule has 0 unspecified atom stereocenters. The molecule has 0 aliphatic heterocycles. The van der Waals surface area contributed by atoms with E-state index in [4.69, 9.17) is 0 Å². The molecule has 2 aromatic heterocycles. The quantitative estimate of drug-likeness (QED) is 0.685. The number of anilines is 1. The van der Waals surface area contributed by atoms with Crippen LogP contribution in [0, 0.1) is 0 Å². The van der Waals surface area contributed by atoms with Crippen molar-refractivity contribution in [2.75, 3.05) is 5.32 Å². The Balaban J connectivity index is 1.59. The molecule has 1 amide bonds. The van der Waals surface area contributed by atoms with E-state index in [1.165, 1.54) is 18.3 Å². The summed E-state index contributed by atoms with van der Waals surface area (Å²) in [6, 6.07) is 6.86. The third kappa shape index (κ3) is 3.90. The number of aryl methyl sites for hydroxylation is 1. The first-order valence-electron chi connectivity index (χ1n) is 8.06. The van der Waals surface area contributed by atoms with Gasteiger partial charge in [0.05, 0.1) is 0 Å². The lowest BCUT2D eigenvalue weighted by Gasteiger charge is -2.05. The first-order valence-corrected chi connectivity index (χ1v) is 8.87. The Kier molecular flexibility index (Phi) is 4.89. The van der Waals surface area contributed by atoms with Crippen LogP contribution in [0.5, 0.6) is 0 Å². The van der Waals surface area contributed by atoms with Crippen molar-refractivity contribution in [1.29, 1.82) is 0 Å². The van der Waals surface area contributed by atoms with Crippen LogP contribution in [0.4, 0.5) is 5.69 Å². The zero-order valence-electron chi connectivity index (χ0n) is 14.3. The summed E-state index contributed by atoms with van der Waals surface area (Å²) in [6.07, 6.45) is 0.874. The Hall–Kier alpha value is -2.61. The predicted octanol–water partition coefficient (Wildman–Crippen LogP) is 3.08. The molecule has 0 saturated heterocycles. The average molecular weight is 357 g/mol. The summed E-state index contributed by atoms with van der Waals surface area (Å²) < 4.78 is 1.75. The minimum Gasteiger partial charge on any atom is -0.326 e. The lowest BCUT2D eigenvalue weighted by molar-refractivity contribution is -0.116. The van der Waals surface area contributed by atoms with E-state index in [9.17, 15) is 9.59 Å². The Morgan fingerprint density at radius 1 is 1.20 bits per heavy atom. The third-order valence-corrected chi connectivity index (χ3v) is 4.67. The molecule has 25 heavy (non-hydrogen) atoms. The molecule has 0 radical (unpaired) electrons. The highest BCUT2D eigenvalue weighted by Gasteiger charge is 2.15. The van der Waals surface area contributed by atoms with Gasteiger partial charge in [-0.05, 0) is 31.2 Å². The van der Waals surface area contributed by atoms with Crippen molar-refractivity contribution in [3.63, 3.8) is 0 Å². The first-order chi connectivity index (χ1) is 11.9. The van der Waals surface area contributed by atoms with Crippen molar-refractivity contribution >= 4 is 33.7 Å². The van der Waals surface area contributed by atoms with E-state index >= 15 is 0 Å². The number of benzene rings is 1. The van der Waals surface area contributed by atoms with Gasteiger partial charge in [0.15, 0.2) is 11.6 Å². The Bertz CT molecular complexity index is 911. The number of amides is 1. The van der Waals surface area contributed by atoms with Gasteiger partial charge in [-0.1, -0.05) is 25.2 Å². The lowest BCUT2D eigenvalue weighted by Crippen LogP contribution is -2.12. The second kappa shape index (κ2) is 7.10. The Morgan fingerprint density at radius 2 is 1.92 bits per heavy atom. The molecule has 0 fully saturated rings. The zero-order chi connectivity index (χ0) is 18.0. The summed E-state index contributed by atoms with van der Waals surface area (Å²) in [7, 11) is 0. The van der Waals surface area contributed by atoms with Crippen molar-refractivity contribution in [2.24, 2.45) is 0 Å². The van der Waals surface area contributed by atoms with Gasteiger partial charge < -0.3 is 5.32 Å². The minimum atomic E-state index is -0.0920. The molecule has 3 aromatic rings.